The summed E-state index contributed by atoms with van der Waals surface area (Å²) < 4.78 is 0. The standard InChI is InChI=1S/C14H18Cl2N6.C13H16Cl2N6.C12H14Cl2N6.C11H12Cl2N6.C9H9ClN6/c1-8(2)19-14-21-12(17)20-13(22-14)18-6-5-9-3-4-10(15)11(16)7-9;1-21(2)13-19-11(16)18-12(20-13)17-6-5-8-3-4-9(14)10(15)7-8;1-20(2)12-18-10(15)17-11(19-12)16-6-7-3-4-8(13)9(14)5-7;1-19(2)11-17-9(14)16-10(18-11)15-6-3-4-7(12)8(13)5-6;10-5-3-1-2-4-6(5)13-9-15-7(11)14-8(12)16-9/h3-4,7-8H,5-6H2,1-2H3,(H4,17,18,19,20,21,22);3-4,7H,5-6H2,1-2H3,(H3,16,17,18,19,20);3-5H,6H2,1-2H3,(H3,15,16,17,18,19);3-5H,1-2H3,(H3,14,15,16,17,18);1-4H,(H5,11,12,13,14,15,16). The van der Waals surface area contributed by atoms with Crippen molar-refractivity contribution in [3.63, 3.8) is 0 Å². The van der Waals surface area contributed by atoms with E-state index in [1.807, 2.05) is 98.6 Å². The molecule has 0 amide bonds. The fraction of sp³-hybridized carbons (Fsp3) is 0.237. The summed E-state index contributed by atoms with van der Waals surface area (Å²) in [6, 6.07) is 29.1. The van der Waals surface area contributed by atoms with Gasteiger partial charge in [0.15, 0.2) is 0 Å². The maximum Gasteiger partial charge on any atom is 0.233 e. The molecule has 98 heavy (non-hydrogen) atoms. The Balaban J connectivity index is 0.000000194. The molecule has 10 rings (SSSR count). The van der Waals surface area contributed by atoms with Gasteiger partial charge in [-0.3, -0.25) is 0 Å². The number of para-hydroxylation sites is 1. The molecule has 39 heteroatoms. The Labute approximate surface area is 610 Å². The summed E-state index contributed by atoms with van der Waals surface area (Å²) in [6.45, 7) is 5.79. The minimum Gasteiger partial charge on any atom is -0.368 e. The van der Waals surface area contributed by atoms with E-state index in [2.05, 4.69) is 107 Å². The van der Waals surface area contributed by atoms with E-state index in [0.29, 0.717) is 124 Å². The fourth-order valence-electron chi connectivity index (χ4n) is 7.46. The molecule has 0 atom stereocenters. The second kappa shape index (κ2) is 38.1. The lowest BCUT2D eigenvalue weighted by atomic mass is 10.1. The third-order valence-corrected chi connectivity index (χ3v) is 15.2. The fourth-order valence-corrected chi connectivity index (χ4v) is 8.90. The Morgan fingerprint density at radius 3 is 1.13 bits per heavy atom. The first kappa shape index (κ1) is 77.8. The zero-order chi connectivity index (χ0) is 71.8. The Morgan fingerprint density at radius 2 is 0.694 bits per heavy atom. The van der Waals surface area contributed by atoms with Gasteiger partial charge in [0.1, 0.15) is 0 Å². The van der Waals surface area contributed by atoms with Crippen molar-refractivity contribution in [2.24, 2.45) is 0 Å². The maximum absolute atomic E-state index is 5.99. The number of hydrogen-bond acceptors (Lipinski definition) is 30. The number of nitrogens with zero attached hydrogens (tertiary/aromatic N) is 18. The molecule has 30 nitrogen and oxygen atoms in total. The molecular formula is C59H69Cl9N30. The van der Waals surface area contributed by atoms with Crippen LogP contribution in [-0.4, -0.2) is 136 Å². The minimum atomic E-state index is 0.0575. The third-order valence-electron chi connectivity index (χ3n) is 12.0. The zero-order valence-corrected chi connectivity index (χ0v) is 60.6. The Bertz CT molecular complexity index is 4230. The molecule has 18 N–H and O–H groups in total. The van der Waals surface area contributed by atoms with Crippen molar-refractivity contribution < 1.29 is 0 Å². The molecule has 0 aliphatic heterocycles. The summed E-state index contributed by atoms with van der Waals surface area (Å²) in [7, 11) is 11.0. The van der Waals surface area contributed by atoms with Gasteiger partial charge < -0.3 is 81.0 Å². The average Bonchev–Trinajstić information content (AvgIpc) is 0.877. The molecule has 5 heterocycles. The summed E-state index contributed by atoms with van der Waals surface area (Å²) in [5.41, 5.74) is 38.0. The predicted molar refractivity (Wildman–Crippen MR) is 403 cm³/mol. The maximum atomic E-state index is 5.99. The molecule has 10 aromatic rings. The summed E-state index contributed by atoms with van der Waals surface area (Å²) >= 11 is 53.3. The molecular weight excluding hydrogens is 1450 g/mol. The van der Waals surface area contributed by atoms with Gasteiger partial charge >= 0.3 is 0 Å². The lowest BCUT2D eigenvalue weighted by Gasteiger charge is -2.12. The van der Waals surface area contributed by atoms with Gasteiger partial charge in [0.05, 0.1) is 50.9 Å². The van der Waals surface area contributed by atoms with Crippen molar-refractivity contribution in [3.8, 4) is 0 Å². The molecule has 0 unspecified atom stereocenters. The van der Waals surface area contributed by atoms with E-state index in [9.17, 15) is 0 Å². The first-order valence-electron chi connectivity index (χ1n) is 28.8. The highest BCUT2D eigenvalue weighted by atomic mass is 35.5. The molecule has 0 aliphatic carbocycles. The van der Waals surface area contributed by atoms with Crippen LogP contribution in [0.3, 0.4) is 0 Å². The molecule has 0 saturated carbocycles. The number of benzene rings is 5. The van der Waals surface area contributed by atoms with E-state index < -0.39 is 0 Å². The van der Waals surface area contributed by atoms with Crippen LogP contribution in [0.2, 0.25) is 45.2 Å². The van der Waals surface area contributed by atoms with E-state index in [0.717, 1.165) is 29.5 Å². The Kier molecular flexibility index (Phi) is 30.2. The van der Waals surface area contributed by atoms with Crippen LogP contribution in [0.15, 0.2) is 97.1 Å². The lowest BCUT2D eigenvalue weighted by Crippen LogP contribution is -2.17. The quantitative estimate of drug-likeness (QED) is 0.0337. The Morgan fingerprint density at radius 1 is 0.337 bits per heavy atom. The van der Waals surface area contributed by atoms with E-state index in [1.54, 1.807) is 69.3 Å². The van der Waals surface area contributed by atoms with Gasteiger partial charge in [-0.05, 0) is 110 Å². The van der Waals surface area contributed by atoms with Crippen LogP contribution in [0.5, 0.6) is 0 Å². The second-order valence-corrected chi connectivity index (χ2v) is 24.6. The minimum absolute atomic E-state index is 0.0575. The van der Waals surface area contributed by atoms with E-state index in [1.165, 1.54) is 0 Å². The second-order valence-electron chi connectivity index (χ2n) is 21.0. The van der Waals surface area contributed by atoms with E-state index in [4.69, 9.17) is 139 Å². The Hall–Kier alpha value is -9.24. The first-order valence-corrected chi connectivity index (χ1v) is 32.2. The summed E-state index contributed by atoms with van der Waals surface area (Å²) in [6.07, 6.45) is 1.52. The molecule has 0 aliphatic rings. The number of nitrogens with two attached hydrogens (primary N) is 6. The summed E-state index contributed by atoms with van der Waals surface area (Å²) in [5, 5.41) is 23.0. The van der Waals surface area contributed by atoms with Crippen LogP contribution in [0, 0.1) is 0 Å². The average molecular weight is 1520 g/mol. The summed E-state index contributed by atoms with van der Waals surface area (Å²) in [5.74, 6) is 4.62. The molecule has 0 bridgehead atoms. The van der Waals surface area contributed by atoms with Crippen molar-refractivity contribution in [2.45, 2.75) is 39.3 Å². The molecule has 0 saturated heterocycles. The largest absolute Gasteiger partial charge is 0.368 e. The van der Waals surface area contributed by atoms with Gasteiger partial charge in [-0.1, -0.05) is 135 Å². The van der Waals surface area contributed by atoms with E-state index in [-0.39, 0.29) is 47.7 Å². The van der Waals surface area contributed by atoms with Crippen LogP contribution < -0.4 is 81.0 Å². The predicted octanol–water partition coefficient (Wildman–Crippen LogP) is 12.2. The van der Waals surface area contributed by atoms with Crippen LogP contribution in [0.25, 0.3) is 0 Å². The number of aromatic nitrogens is 15. The molecule has 0 spiro atoms. The highest BCUT2D eigenvalue weighted by Crippen LogP contribution is 2.29. The van der Waals surface area contributed by atoms with Crippen LogP contribution in [0.4, 0.5) is 101 Å². The number of nitrogen functional groups attached to an aromatic ring is 6. The lowest BCUT2D eigenvalue weighted by molar-refractivity contribution is 0.866. The van der Waals surface area contributed by atoms with E-state index >= 15 is 0 Å². The van der Waals surface area contributed by atoms with Crippen molar-refractivity contribution in [3.05, 3.63) is 159 Å². The number of anilines is 17. The SMILES string of the molecule is CC(C)Nc1nc(N)nc(NCCc2ccc(Cl)c(Cl)c2)n1.CN(C)c1nc(N)nc(NCCc2ccc(Cl)c(Cl)c2)n1.CN(C)c1nc(N)nc(NCc2ccc(Cl)c(Cl)c2)n1.CN(C)c1nc(N)nc(Nc2ccc(Cl)c(Cl)c2)n1.Nc1nc(N)nc(Nc2ccccc2Cl)n1. The zero-order valence-electron chi connectivity index (χ0n) is 53.8. The normalized spacial score (nSPS) is 10.4. The van der Waals surface area contributed by atoms with Gasteiger partial charge in [0, 0.05) is 73.6 Å². The summed E-state index contributed by atoms with van der Waals surface area (Å²) in [4.78, 5) is 65.9. The molecule has 0 radical (unpaired) electrons. The van der Waals surface area contributed by atoms with Gasteiger partial charge in [0.2, 0.25) is 89.2 Å². The van der Waals surface area contributed by atoms with Gasteiger partial charge in [-0.2, -0.15) is 74.8 Å². The number of hydrogen-bond donors (Lipinski definition) is 12. The third kappa shape index (κ3) is 26.6. The van der Waals surface area contributed by atoms with Gasteiger partial charge in [-0.15, -0.1) is 0 Å². The van der Waals surface area contributed by atoms with Crippen LogP contribution in [0.1, 0.15) is 30.5 Å². The first-order chi connectivity index (χ1) is 46.4. The van der Waals surface area contributed by atoms with Crippen LogP contribution in [-0.2, 0) is 19.4 Å². The van der Waals surface area contributed by atoms with Gasteiger partial charge in [-0.25, -0.2) is 0 Å². The molecule has 518 valence electrons. The smallest absolute Gasteiger partial charge is 0.233 e. The number of halogens is 9. The molecule has 5 aromatic heterocycles. The van der Waals surface area contributed by atoms with Crippen molar-refractivity contribution >= 4 is 205 Å². The van der Waals surface area contributed by atoms with Crippen LogP contribution >= 0.6 is 104 Å². The monoisotopic (exact) mass is 1510 g/mol. The van der Waals surface area contributed by atoms with Crippen molar-refractivity contribution in [2.75, 3.05) is 136 Å². The highest BCUT2D eigenvalue weighted by molar-refractivity contribution is 6.43. The topological polar surface area (TPSA) is 431 Å². The van der Waals surface area contributed by atoms with Crippen molar-refractivity contribution in [1.82, 2.24) is 74.8 Å². The number of nitrogens with one attached hydrogen (secondary N) is 6. The molecule has 0 fully saturated rings. The van der Waals surface area contributed by atoms with Crippen molar-refractivity contribution in [1.29, 1.82) is 0 Å². The number of rotatable bonds is 20. The molecule has 5 aromatic carbocycles. The highest BCUT2D eigenvalue weighted by Gasteiger charge is 2.13. The van der Waals surface area contributed by atoms with Gasteiger partial charge in [0.25, 0.3) is 0 Å².